The van der Waals surface area contributed by atoms with Crippen molar-refractivity contribution >= 4 is 39.8 Å². The molecule has 2 aliphatic rings. The van der Waals surface area contributed by atoms with E-state index >= 15 is 0 Å². The number of rotatable bonds is 3. The molecule has 0 saturated heterocycles. The number of methoxy groups -OCH3 is 1. The number of aromatic nitrogens is 2. The van der Waals surface area contributed by atoms with Crippen molar-refractivity contribution in [3.05, 3.63) is 65.3 Å². The third kappa shape index (κ3) is 3.00. The van der Waals surface area contributed by atoms with Gasteiger partial charge in [0.05, 0.1) is 41.2 Å². The molecule has 0 radical (unpaired) electrons. The van der Waals surface area contributed by atoms with E-state index in [4.69, 9.17) is 21.4 Å². The molecule has 0 unspecified atom stereocenters. The summed E-state index contributed by atoms with van der Waals surface area (Å²) >= 11 is 6.37. The molecule has 146 valence electrons. The molecule has 5 rings (SSSR count). The number of carbonyl (C=O) groups excluding carboxylic acids is 1. The zero-order chi connectivity index (χ0) is 20.0. The average molecular weight is 407 g/mol. The summed E-state index contributed by atoms with van der Waals surface area (Å²) in [6.07, 6.45) is 7.44. The van der Waals surface area contributed by atoms with E-state index in [1.54, 1.807) is 13.3 Å². The Hall–Kier alpha value is -3.12. The highest BCUT2D eigenvalue weighted by molar-refractivity contribution is 6.32. The summed E-state index contributed by atoms with van der Waals surface area (Å²) in [5.74, 6) is 0.523. The summed E-state index contributed by atoms with van der Waals surface area (Å²) in [7, 11) is 1.59. The Labute approximate surface area is 172 Å². The van der Waals surface area contributed by atoms with Gasteiger partial charge in [-0.15, -0.1) is 0 Å². The molecule has 1 aliphatic carbocycles. The molecule has 0 spiro atoms. The van der Waals surface area contributed by atoms with Gasteiger partial charge in [-0.1, -0.05) is 23.8 Å². The number of hydrazone groups is 1. The fraction of sp³-hybridized carbons (Fsp3) is 0.227. The first-order valence-electron chi connectivity index (χ1n) is 9.50. The van der Waals surface area contributed by atoms with E-state index in [9.17, 15) is 4.79 Å². The molecule has 1 aromatic heterocycles. The minimum absolute atomic E-state index is 0.0190. The molecule has 1 amide bonds. The van der Waals surface area contributed by atoms with Gasteiger partial charge in [-0.2, -0.15) is 10.2 Å². The van der Waals surface area contributed by atoms with E-state index < -0.39 is 0 Å². The van der Waals surface area contributed by atoms with Crippen molar-refractivity contribution < 1.29 is 9.53 Å². The maximum atomic E-state index is 13.3. The number of halogens is 1. The molecular formula is C22H19ClN4O2. The van der Waals surface area contributed by atoms with Crippen LogP contribution in [0.1, 0.15) is 18.4 Å². The van der Waals surface area contributed by atoms with Gasteiger partial charge >= 0.3 is 0 Å². The number of nitrogens with zero attached hydrogens (tertiary/aromatic N) is 3. The molecule has 1 N–H and O–H groups in total. The largest absolute Gasteiger partial charge is 0.495 e. The summed E-state index contributed by atoms with van der Waals surface area (Å²) in [5.41, 5.74) is 3.43. The highest BCUT2D eigenvalue weighted by Gasteiger charge is 2.40. The number of hydrogen-bond donors (Lipinski definition) is 1. The summed E-state index contributed by atoms with van der Waals surface area (Å²) in [4.78, 5) is 13.3. The molecular weight excluding hydrogens is 388 g/mol. The molecule has 6 nitrogen and oxygen atoms in total. The number of benzene rings is 2. The van der Waals surface area contributed by atoms with Crippen LogP contribution in [0, 0.1) is 11.8 Å². The SMILES string of the molecule is COc1ccc(C2=NN(c3ccc4[nH]ncc4c3)C(=O)[C@@H]3CC=CC[C@H]23)cc1Cl. The number of nitrogens with one attached hydrogen (secondary N) is 1. The quantitative estimate of drug-likeness (QED) is 0.648. The number of hydrogen-bond acceptors (Lipinski definition) is 4. The second kappa shape index (κ2) is 7.04. The Bertz CT molecular complexity index is 1170. The molecule has 2 heterocycles. The Morgan fingerprint density at radius 1 is 1.14 bits per heavy atom. The smallest absolute Gasteiger partial charge is 0.251 e. The predicted octanol–water partition coefficient (Wildman–Crippen LogP) is 4.56. The Balaban J connectivity index is 1.63. The number of ether oxygens (including phenoxy) is 1. The van der Waals surface area contributed by atoms with Gasteiger partial charge in [-0.05, 0) is 54.8 Å². The third-order valence-electron chi connectivity index (χ3n) is 5.63. The molecule has 1 aliphatic heterocycles. The standard InChI is InChI=1S/C22H19ClN4O2/c1-29-20-9-6-13(11-18(20)23)21-16-4-2-3-5-17(16)22(28)27(26-21)15-7-8-19-14(10-15)12-24-25-19/h2-3,6-12,16-17H,4-5H2,1H3,(H,24,25)/t16-,17+/m0/s1. The number of carbonyl (C=O) groups is 1. The van der Waals surface area contributed by atoms with Crippen molar-refractivity contribution in [3.63, 3.8) is 0 Å². The highest BCUT2D eigenvalue weighted by Crippen LogP contribution is 2.38. The topological polar surface area (TPSA) is 70.6 Å². The summed E-state index contributed by atoms with van der Waals surface area (Å²) in [6, 6.07) is 11.4. The van der Waals surface area contributed by atoms with Gasteiger partial charge < -0.3 is 4.74 Å². The van der Waals surface area contributed by atoms with E-state index in [0.717, 1.165) is 34.3 Å². The first-order chi connectivity index (χ1) is 14.2. The van der Waals surface area contributed by atoms with Crippen molar-refractivity contribution in [2.75, 3.05) is 12.1 Å². The normalized spacial score (nSPS) is 21.2. The van der Waals surface area contributed by atoms with E-state index in [-0.39, 0.29) is 17.7 Å². The van der Waals surface area contributed by atoms with Gasteiger partial charge in [0.1, 0.15) is 5.75 Å². The average Bonchev–Trinajstić information content (AvgIpc) is 3.22. The number of amides is 1. The first-order valence-corrected chi connectivity index (χ1v) is 9.88. The number of H-pyrrole nitrogens is 1. The van der Waals surface area contributed by atoms with E-state index in [2.05, 4.69) is 22.3 Å². The lowest BCUT2D eigenvalue weighted by atomic mass is 9.76. The van der Waals surface area contributed by atoms with Crippen molar-refractivity contribution in [1.82, 2.24) is 10.2 Å². The molecule has 2 atom stereocenters. The summed E-state index contributed by atoms with van der Waals surface area (Å²) in [5, 5.41) is 14.8. The number of allylic oxidation sites excluding steroid dienone is 2. The van der Waals surface area contributed by atoms with Crippen LogP contribution < -0.4 is 9.75 Å². The van der Waals surface area contributed by atoms with Gasteiger partial charge in [0.15, 0.2) is 0 Å². The Morgan fingerprint density at radius 3 is 2.76 bits per heavy atom. The Morgan fingerprint density at radius 2 is 1.97 bits per heavy atom. The zero-order valence-corrected chi connectivity index (χ0v) is 16.6. The minimum Gasteiger partial charge on any atom is -0.495 e. The van der Waals surface area contributed by atoms with Crippen LogP contribution in [0.15, 0.2) is 59.8 Å². The molecule has 3 aromatic rings. The van der Waals surface area contributed by atoms with Gasteiger partial charge in [0, 0.05) is 11.3 Å². The first kappa shape index (κ1) is 17.9. The molecule has 0 bridgehead atoms. The fourth-order valence-corrected chi connectivity index (χ4v) is 4.38. The van der Waals surface area contributed by atoms with E-state index in [1.807, 2.05) is 36.4 Å². The Kier molecular flexibility index (Phi) is 4.36. The van der Waals surface area contributed by atoms with Crippen LogP contribution >= 0.6 is 11.6 Å². The van der Waals surface area contributed by atoms with Gasteiger partial charge in [-0.3, -0.25) is 9.89 Å². The predicted molar refractivity (Wildman–Crippen MR) is 113 cm³/mol. The molecule has 2 aromatic carbocycles. The van der Waals surface area contributed by atoms with E-state index in [1.165, 1.54) is 5.01 Å². The number of fused-ring (bicyclic) bond motifs is 2. The van der Waals surface area contributed by atoms with Crippen molar-refractivity contribution in [2.24, 2.45) is 16.9 Å². The van der Waals surface area contributed by atoms with Crippen LogP contribution in [-0.4, -0.2) is 28.9 Å². The van der Waals surface area contributed by atoms with E-state index in [0.29, 0.717) is 17.2 Å². The number of anilines is 1. The lowest BCUT2D eigenvalue weighted by molar-refractivity contribution is -0.123. The monoisotopic (exact) mass is 406 g/mol. The lowest BCUT2D eigenvalue weighted by Crippen LogP contribution is -2.45. The summed E-state index contributed by atoms with van der Waals surface area (Å²) < 4.78 is 5.28. The van der Waals surface area contributed by atoms with Gasteiger partial charge in [-0.25, -0.2) is 5.01 Å². The lowest BCUT2D eigenvalue weighted by Gasteiger charge is -2.37. The maximum absolute atomic E-state index is 13.3. The van der Waals surface area contributed by atoms with Crippen LogP contribution in [0.25, 0.3) is 10.9 Å². The molecule has 29 heavy (non-hydrogen) atoms. The van der Waals surface area contributed by atoms with Crippen molar-refractivity contribution in [1.29, 1.82) is 0 Å². The van der Waals surface area contributed by atoms with Crippen LogP contribution in [0.4, 0.5) is 5.69 Å². The van der Waals surface area contributed by atoms with Crippen LogP contribution in [0.5, 0.6) is 5.75 Å². The van der Waals surface area contributed by atoms with Crippen LogP contribution in [0.2, 0.25) is 5.02 Å². The van der Waals surface area contributed by atoms with Crippen molar-refractivity contribution in [3.8, 4) is 5.75 Å². The second-order valence-electron chi connectivity index (χ2n) is 7.28. The minimum atomic E-state index is -0.145. The van der Waals surface area contributed by atoms with Crippen LogP contribution in [-0.2, 0) is 4.79 Å². The molecule has 0 saturated carbocycles. The zero-order valence-electron chi connectivity index (χ0n) is 15.8. The third-order valence-corrected chi connectivity index (χ3v) is 5.93. The van der Waals surface area contributed by atoms with Gasteiger partial charge in [0.2, 0.25) is 0 Å². The number of aromatic amines is 1. The van der Waals surface area contributed by atoms with Gasteiger partial charge in [0.25, 0.3) is 5.91 Å². The molecule has 7 heteroatoms. The van der Waals surface area contributed by atoms with Crippen LogP contribution in [0.3, 0.4) is 0 Å². The summed E-state index contributed by atoms with van der Waals surface area (Å²) in [6.45, 7) is 0. The fourth-order valence-electron chi connectivity index (χ4n) is 4.12. The second-order valence-corrected chi connectivity index (χ2v) is 7.69. The van der Waals surface area contributed by atoms with Crippen molar-refractivity contribution in [2.45, 2.75) is 12.8 Å². The maximum Gasteiger partial charge on any atom is 0.251 e. The highest BCUT2D eigenvalue weighted by atomic mass is 35.5. The molecule has 0 fully saturated rings.